The first-order valence-electron chi connectivity index (χ1n) is 5.46. The summed E-state index contributed by atoms with van der Waals surface area (Å²) in [5, 5.41) is 14.5. The largest absolute Gasteiger partial charge is 0.478 e. The van der Waals surface area contributed by atoms with E-state index < -0.39 is 5.97 Å². The van der Waals surface area contributed by atoms with Gasteiger partial charge in [-0.3, -0.25) is 0 Å². The fraction of sp³-hybridized carbons (Fsp3) is 0.154. The van der Waals surface area contributed by atoms with E-state index in [1.165, 1.54) is 4.88 Å². The van der Waals surface area contributed by atoms with Gasteiger partial charge >= 0.3 is 5.97 Å². The summed E-state index contributed by atoms with van der Waals surface area (Å²) in [7, 11) is 0. The van der Waals surface area contributed by atoms with Crippen molar-refractivity contribution >= 4 is 34.6 Å². The lowest BCUT2D eigenvalue weighted by molar-refractivity contribution is 0.0698. The van der Waals surface area contributed by atoms with Crippen molar-refractivity contribution < 1.29 is 9.90 Å². The number of carboxylic acids is 1. The number of hydrogen-bond donors (Lipinski definition) is 2. The summed E-state index contributed by atoms with van der Waals surface area (Å²) < 4.78 is 0. The van der Waals surface area contributed by atoms with E-state index in [1.807, 2.05) is 11.4 Å². The molecule has 0 aliphatic carbocycles. The molecule has 18 heavy (non-hydrogen) atoms. The lowest BCUT2D eigenvalue weighted by Gasteiger charge is -2.10. The molecule has 2 aromatic rings. The summed E-state index contributed by atoms with van der Waals surface area (Å²) in [4.78, 5) is 12.4. The summed E-state index contributed by atoms with van der Waals surface area (Å²) in [5.74, 6) is -1.01. The maximum Gasteiger partial charge on any atom is 0.339 e. The van der Waals surface area contributed by atoms with Gasteiger partial charge in [-0.05, 0) is 30.0 Å². The van der Waals surface area contributed by atoms with Gasteiger partial charge in [-0.2, -0.15) is 0 Å². The number of anilines is 1. The maximum absolute atomic E-state index is 11.1. The number of benzene rings is 1. The van der Waals surface area contributed by atoms with Gasteiger partial charge in [-0.1, -0.05) is 23.7 Å². The van der Waals surface area contributed by atoms with Crippen LogP contribution in [0.15, 0.2) is 35.7 Å². The number of thiophene rings is 1. The Hall–Kier alpha value is -1.52. The van der Waals surface area contributed by atoms with Crippen molar-refractivity contribution in [1.82, 2.24) is 0 Å². The predicted molar refractivity (Wildman–Crippen MR) is 74.9 cm³/mol. The van der Waals surface area contributed by atoms with Crippen molar-refractivity contribution in [2.24, 2.45) is 0 Å². The molecule has 0 fully saturated rings. The minimum atomic E-state index is -1.01. The molecule has 94 valence electrons. The molecule has 0 saturated heterocycles. The van der Waals surface area contributed by atoms with Crippen LogP contribution in [-0.4, -0.2) is 17.6 Å². The molecule has 3 nitrogen and oxygen atoms in total. The first kappa shape index (κ1) is 12.9. The fourth-order valence-corrected chi connectivity index (χ4v) is 2.63. The van der Waals surface area contributed by atoms with E-state index in [1.54, 1.807) is 29.5 Å². The van der Waals surface area contributed by atoms with E-state index in [2.05, 4.69) is 11.4 Å². The monoisotopic (exact) mass is 281 g/mol. The molecule has 1 aromatic carbocycles. The van der Waals surface area contributed by atoms with Gasteiger partial charge in [0.2, 0.25) is 0 Å². The third-order valence-electron chi connectivity index (χ3n) is 2.49. The number of carbonyl (C=O) groups is 1. The van der Waals surface area contributed by atoms with Crippen LogP contribution < -0.4 is 5.32 Å². The van der Waals surface area contributed by atoms with E-state index >= 15 is 0 Å². The molecule has 1 heterocycles. The average Bonchev–Trinajstić information content (AvgIpc) is 2.81. The van der Waals surface area contributed by atoms with E-state index in [-0.39, 0.29) is 10.6 Å². The molecule has 1 aromatic heterocycles. The van der Waals surface area contributed by atoms with Gasteiger partial charge in [0, 0.05) is 11.4 Å². The van der Waals surface area contributed by atoms with Crippen molar-refractivity contribution in [2.45, 2.75) is 6.42 Å². The second-order valence-electron chi connectivity index (χ2n) is 3.72. The Morgan fingerprint density at radius 1 is 1.33 bits per heavy atom. The lowest BCUT2D eigenvalue weighted by atomic mass is 10.1. The summed E-state index contributed by atoms with van der Waals surface area (Å²) >= 11 is 7.57. The van der Waals surface area contributed by atoms with Crippen molar-refractivity contribution in [2.75, 3.05) is 11.9 Å². The smallest absolute Gasteiger partial charge is 0.339 e. The highest BCUT2D eigenvalue weighted by Crippen LogP contribution is 2.24. The second kappa shape index (κ2) is 5.89. The summed E-state index contributed by atoms with van der Waals surface area (Å²) in [5.41, 5.74) is 0.692. The zero-order valence-electron chi connectivity index (χ0n) is 9.52. The van der Waals surface area contributed by atoms with Gasteiger partial charge in [0.05, 0.1) is 10.7 Å². The summed E-state index contributed by atoms with van der Waals surface area (Å²) in [6.45, 7) is 0.682. The molecule has 0 radical (unpaired) electrons. The normalized spacial score (nSPS) is 10.3. The van der Waals surface area contributed by atoms with Gasteiger partial charge in [-0.25, -0.2) is 4.79 Å². The van der Waals surface area contributed by atoms with Crippen LogP contribution in [0.4, 0.5) is 5.69 Å². The molecule has 0 aliphatic heterocycles. The van der Waals surface area contributed by atoms with Gasteiger partial charge < -0.3 is 10.4 Å². The molecule has 2 N–H and O–H groups in total. The molecule has 0 aliphatic rings. The first-order chi connectivity index (χ1) is 8.68. The summed E-state index contributed by atoms with van der Waals surface area (Å²) in [6, 6.07) is 9.10. The third kappa shape index (κ3) is 3.03. The van der Waals surface area contributed by atoms with Crippen LogP contribution >= 0.6 is 22.9 Å². The Labute approximate surface area is 114 Å². The molecule has 0 spiro atoms. The number of halogens is 1. The quantitative estimate of drug-likeness (QED) is 0.877. The van der Waals surface area contributed by atoms with Crippen LogP contribution in [0.3, 0.4) is 0 Å². The maximum atomic E-state index is 11.1. The zero-order valence-corrected chi connectivity index (χ0v) is 11.1. The highest BCUT2D eigenvalue weighted by molar-refractivity contribution is 7.09. The number of carboxylic acid groups (broad SMARTS) is 1. The van der Waals surface area contributed by atoms with E-state index in [0.717, 1.165) is 6.42 Å². The highest BCUT2D eigenvalue weighted by atomic mass is 35.5. The number of nitrogens with one attached hydrogen (secondary N) is 1. The number of rotatable bonds is 5. The second-order valence-corrected chi connectivity index (χ2v) is 5.16. The topological polar surface area (TPSA) is 49.3 Å². The molecule has 0 unspecified atom stereocenters. The number of aromatic carboxylic acids is 1. The van der Waals surface area contributed by atoms with Crippen LogP contribution in [0.5, 0.6) is 0 Å². The van der Waals surface area contributed by atoms with Crippen LogP contribution in [0.2, 0.25) is 5.02 Å². The third-order valence-corrected chi connectivity index (χ3v) is 3.75. The standard InChI is InChI=1S/C13H12ClNO2S/c14-10-4-1-5-11(12(10)13(16)17)15-7-6-9-3-2-8-18-9/h1-5,8,15H,6-7H2,(H,16,17). The molecule has 0 saturated carbocycles. The van der Waals surface area contributed by atoms with Gasteiger partial charge in [0.1, 0.15) is 5.56 Å². The highest BCUT2D eigenvalue weighted by Gasteiger charge is 2.13. The van der Waals surface area contributed by atoms with Crippen molar-refractivity contribution in [3.8, 4) is 0 Å². The average molecular weight is 282 g/mol. The van der Waals surface area contributed by atoms with Crippen LogP contribution in [0.25, 0.3) is 0 Å². The van der Waals surface area contributed by atoms with Crippen molar-refractivity contribution in [3.63, 3.8) is 0 Å². The Kier molecular flexibility index (Phi) is 4.23. The Balaban J connectivity index is 2.05. The van der Waals surface area contributed by atoms with E-state index in [0.29, 0.717) is 12.2 Å². The van der Waals surface area contributed by atoms with Crippen LogP contribution in [-0.2, 0) is 6.42 Å². The summed E-state index contributed by atoms with van der Waals surface area (Å²) in [6.07, 6.45) is 0.864. The number of hydrogen-bond acceptors (Lipinski definition) is 3. The van der Waals surface area contributed by atoms with E-state index in [9.17, 15) is 4.79 Å². The van der Waals surface area contributed by atoms with Gasteiger partial charge in [0.25, 0.3) is 0 Å². The molecular weight excluding hydrogens is 270 g/mol. The van der Waals surface area contributed by atoms with Crippen LogP contribution in [0.1, 0.15) is 15.2 Å². The predicted octanol–water partition coefficient (Wildman–Crippen LogP) is 3.75. The minimum absolute atomic E-state index is 0.130. The Bertz CT molecular complexity index is 540. The first-order valence-corrected chi connectivity index (χ1v) is 6.72. The zero-order chi connectivity index (χ0) is 13.0. The van der Waals surface area contributed by atoms with Crippen molar-refractivity contribution in [1.29, 1.82) is 0 Å². The Morgan fingerprint density at radius 3 is 2.83 bits per heavy atom. The molecule has 5 heteroatoms. The lowest BCUT2D eigenvalue weighted by Crippen LogP contribution is -2.09. The molecular formula is C13H12ClNO2S. The van der Waals surface area contributed by atoms with E-state index in [4.69, 9.17) is 16.7 Å². The van der Waals surface area contributed by atoms with Crippen LogP contribution in [0, 0.1) is 0 Å². The Morgan fingerprint density at radius 2 is 2.17 bits per heavy atom. The van der Waals surface area contributed by atoms with Gasteiger partial charge in [0.15, 0.2) is 0 Å². The molecule has 0 amide bonds. The molecule has 2 rings (SSSR count). The van der Waals surface area contributed by atoms with Crippen molar-refractivity contribution in [3.05, 3.63) is 51.2 Å². The van der Waals surface area contributed by atoms with Gasteiger partial charge in [-0.15, -0.1) is 11.3 Å². The minimum Gasteiger partial charge on any atom is -0.478 e. The molecule has 0 bridgehead atoms. The SMILES string of the molecule is O=C(O)c1c(Cl)cccc1NCCc1cccs1. The fourth-order valence-electron chi connectivity index (χ4n) is 1.66. The molecule has 0 atom stereocenters.